The number of hydrogen-bond donors (Lipinski definition) is 0. The molecular formula is C17H24BClO5. The van der Waals surface area contributed by atoms with Gasteiger partial charge in [0.1, 0.15) is 5.75 Å². The first-order valence-corrected chi connectivity index (χ1v) is 8.29. The Hall–Kier alpha value is -1.24. The summed E-state index contributed by atoms with van der Waals surface area (Å²) in [7, 11) is 2.53. The van der Waals surface area contributed by atoms with Gasteiger partial charge in [-0.25, -0.2) is 4.79 Å². The predicted molar refractivity (Wildman–Crippen MR) is 93.9 cm³/mol. The molecule has 0 saturated carbocycles. The van der Waals surface area contributed by atoms with Gasteiger partial charge in [-0.2, -0.15) is 0 Å². The first kappa shape index (κ1) is 19.1. The second-order valence-electron chi connectivity index (χ2n) is 6.87. The maximum atomic E-state index is 11.8. The maximum Gasteiger partial charge on any atom is 0.458 e. The van der Waals surface area contributed by atoms with Crippen LogP contribution in [0.25, 0.3) is 0 Å². The van der Waals surface area contributed by atoms with Crippen molar-refractivity contribution in [2.24, 2.45) is 0 Å². The Morgan fingerprint density at radius 1 is 1.17 bits per heavy atom. The van der Waals surface area contributed by atoms with Crippen LogP contribution in [0, 0.1) is 0 Å². The van der Waals surface area contributed by atoms with Crippen LogP contribution < -0.4 is 4.74 Å². The molecule has 0 aromatic heterocycles. The number of methoxy groups -OCH3 is 2. The molecule has 5 nitrogen and oxygen atoms in total. The molecule has 1 aliphatic heterocycles. The van der Waals surface area contributed by atoms with Crippen molar-refractivity contribution in [2.45, 2.75) is 51.6 Å². The van der Waals surface area contributed by atoms with E-state index in [1.165, 1.54) is 14.2 Å². The smallest absolute Gasteiger partial charge is 0.458 e. The minimum absolute atomic E-state index is 0.321. The summed E-state index contributed by atoms with van der Waals surface area (Å²) in [4.78, 5) is 11.8. The summed E-state index contributed by atoms with van der Waals surface area (Å²) in [5.74, 6) is 0.0188. The molecule has 132 valence electrons. The first-order chi connectivity index (χ1) is 11.1. The SMILES string of the molecule is COC(=O)c1cc(CCB2OC(C)(C)C(C)(C)O2)c(Cl)c(OC)c1. The van der Waals surface area contributed by atoms with Crippen molar-refractivity contribution in [3.8, 4) is 5.75 Å². The summed E-state index contributed by atoms with van der Waals surface area (Å²) in [6.45, 7) is 8.06. The highest BCUT2D eigenvalue weighted by atomic mass is 35.5. The molecule has 1 aromatic carbocycles. The van der Waals surface area contributed by atoms with Crippen LogP contribution in [0.2, 0.25) is 11.3 Å². The van der Waals surface area contributed by atoms with E-state index < -0.39 is 5.97 Å². The number of carbonyl (C=O) groups is 1. The third-order valence-corrected chi connectivity index (χ3v) is 5.14. The van der Waals surface area contributed by atoms with Gasteiger partial charge in [0.25, 0.3) is 0 Å². The Morgan fingerprint density at radius 3 is 2.25 bits per heavy atom. The van der Waals surface area contributed by atoms with E-state index in [4.69, 9.17) is 30.4 Å². The van der Waals surface area contributed by atoms with E-state index in [1.807, 2.05) is 27.7 Å². The molecule has 1 saturated heterocycles. The van der Waals surface area contributed by atoms with Crippen molar-refractivity contribution >= 4 is 24.7 Å². The third-order valence-electron chi connectivity index (χ3n) is 4.71. The monoisotopic (exact) mass is 354 g/mol. The Balaban J connectivity index is 2.17. The fourth-order valence-corrected chi connectivity index (χ4v) is 2.86. The molecule has 1 aliphatic rings. The van der Waals surface area contributed by atoms with Gasteiger partial charge in [-0.3, -0.25) is 0 Å². The lowest BCUT2D eigenvalue weighted by atomic mass is 9.81. The summed E-state index contributed by atoms with van der Waals surface area (Å²) in [6.07, 6.45) is 1.22. The molecule has 7 heteroatoms. The minimum atomic E-state index is -0.429. The summed E-state index contributed by atoms with van der Waals surface area (Å²) in [5.41, 5.74) is 0.467. The molecule has 0 bridgehead atoms. The zero-order valence-electron chi connectivity index (χ0n) is 15.1. The van der Waals surface area contributed by atoms with Gasteiger partial charge in [0.15, 0.2) is 0 Å². The highest BCUT2D eigenvalue weighted by molar-refractivity contribution is 6.45. The number of benzene rings is 1. The van der Waals surface area contributed by atoms with Crippen molar-refractivity contribution < 1.29 is 23.6 Å². The molecule has 1 fully saturated rings. The van der Waals surface area contributed by atoms with E-state index in [9.17, 15) is 4.79 Å². The normalized spacial score (nSPS) is 18.5. The number of rotatable bonds is 5. The Morgan fingerprint density at radius 2 is 1.75 bits per heavy atom. The van der Waals surface area contributed by atoms with Gasteiger partial charge in [0.2, 0.25) is 0 Å². The second kappa shape index (κ2) is 6.94. The average Bonchev–Trinajstić information content (AvgIpc) is 2.72. The molecule has 0 aliphatic carbocycles. The van der Waals surface area contributed by atoms with Crippen LogP contribution >= 0.6 is 11.6 Å². The molecule has 0 unspecified atom stereocenters. The van der Waals surface area contributed by atoms with E-state index in [2.05, 4.69) is 0 Å². The number of hydrogen-bond acceptors (Lipinski definition) is 5. The Labute approximate surface area is 148 Å². The zero-order chi connectivity index (χ0) is 18.1. The van der Waals surface area contributed by atoms with Crippen LogP contribution in [0.1, 0.15) is 43.6 Å². The summed E-state index contributed by atoms with van der Waals surface area (Å²) in [6, 6.07) is 3.30. The van der Waals surface area contributed by atoms with Crippen LogP contribution in [0.15, 0.2) is 12.1 Å². The number of aryl methyl sites for hydroxylation is 1. The molecule has 0 radical (unpaired) electrons. The summed E-state index contributed by atoms with van der Waals surface area (Å²) in [5, 5.41) is 0.488. The van der Waals surface area contributed by atoms with Crippen molar-refractivity contribution in [2.75, 3.05) is 14.2 Å². The van der Waals surface area contributed by atoms with E-state index in [-0.39, 0.29) is 18.3 Å². The molecule has 0 amide bonds. The molecule has 2 rings (SSSR count). The first-order valence-electron chi connectivity index (χ1n) is 7.91. The van der Waals surface area contributed by atoms with E-state index in [0.29, 0.717) is 29.1 Å². The standard InChI is InChI=1S/C17H24BClO5/c1-16(2)17(3,4)24-18(23-16)8-7-11-9-12(15(20)22-6)10-13(21-5)14(11)19/h9-10H,7-8H2,1-6H3. The molecule has 0 N–H and O–H groups in total. The lowest BCUT2D eigenvalue weighted by Crippen LogP contribution is -2.41. The quantitative estimate of drug-likeness (QED) is 0.595. The Kier molecular flexibility index (Phi) is 5.52. The fourth-order valence-electron chi connectivity index (χ4n) is 2.58. The van der Waals surface area contributed by atoms with Gasteiger partial charge in [0.05, 0.1) is 36.0 Å². The van der Waals surface area contributed by atoms with E-state index in [1.54, 1.807) is 12.1 Å². The molecule has 1 heterocycles. The van der Waals surface area contributed by atoms with Crippen LogP contribution in [-0.4, -0.2) is 38.5 Å². The lowest BCUT2D eigenvalue weighted by Gasteiger charge is -2.32. The van der Waals surface area contributed by atoms with Crippen LogP contribution in [-0.2, 0) is 20.5 Å². The number of esters is 1. The van der Waals surface area contributed by atoms with Gasteiger partial charge in [0, 0.05) is 0 Å². The molecule has 0 spiro atoms. The predicted octanol–water partition coefficient (Wildman–Crippen LogP) is 3.77. The van der Waals surface area contributed by atoms with Gasteiger partial charge in [-0.05, 0) is 58.1 Å². The van der Waals surface area contributed by atoms with Crippen LogP contribution in [0.5, 0.6) is 5.75 Å². The van der Waals surface area contributed by atoms with Gasteiger partial charge in [-0.1, -0.05) is 11.6 Å². The Bertz CT molecular complexity index is 614. The van der Waals surface area contributed by atoms with Crippen LogP contribution in [0.4, 0.5) is 0 Å². The number of carbonyl (C=O) groups excluding carboxylic acids is 1. The van der Waals surface area contributed by atoms with Gasteiger partial charge < -0.3 is 18.8 Å². The van der Waals surface area contributed by atoms with Gasteiger partial charge >= 0.3 is 13.1 Å². The van der Waals surface area contributed by atoms with Crippen LogP contribution in [0.3, 0.4) is 0 Å². The molecule has 1 aromatic rings. The van der Waals surface area contributed by atoms with Crippen molar-refractivity contribution in [1.29, 1.82) is 0 Å². The van der Waals surface area contributed by atoms with Crippen molar-refractivity contribution in [3.63, 3.8) is 0 Å². The summed E-state index contributed by atoms with van der Waals surface area (Å²) >= 11 is 6.37. The summed E-state index contributed by atoms with van der Waals surface area (Å²) < 4.78 is 22.0. The number of halogens is 1. The van der Waals surface area contributed by atoms with E-state index in [0.717, 1.165) is 5.56 Å². The molecular weight excluding hydrogens is 330 g/mol. The highest BCUT2D eigenvalue weighted by Crippen LogP contribution is 2.38. The van der Waals surface area contributed by atoms with E-state index >= 15 is 0 Å². The highest BCUT2D eigenvalue weighted by Gasteiger charge is 2.50. The average molecular weight is 355 g/mol. The molecule has 24 heavy (non-hydrogen) atoms. The maximum absolute atomic E-state index is 11.8. The van der Waals surface area contributed by atoms with Crippen molar-refractivity contribution in [3.05, 3.63) is 28.3 Å². The second-order valence-corrected chi connectivity index (χ2v) is 7.25. The fraction of sp³-hybridized carbons (Fsp3) is 0.588. The molecule has 0 atom stereocenters. The third kappa shape index (κ3) is 3.71. The minimum Gasteiger partial charge on any atom is -0.495 e. The largest absolute Gasteiger partial charge is 0.495 e. The van der Waals surface area contributed by atoms with Gasteiger partial charge in [-0.15, -0.1) is 0 Å². The number of ether oxygens (including phenoxy) is 2. The topological polar surface area (TPSA) is 54.0 Å². The zero-order valence-corrected chi connectivity index (χ0v) is 15.8. The lowest BCUT2D eigenvalue weighted by molar-refractivity contribution is 0.00578. The van der Waals surface area contributed by atoms with Crippen molar-refractivity contribution in [1.82, 2.24) is 0 Å².